The van der Waals surface area contributed by atoms with Gasteiger partial charge in [-0.05, 0) is 25.0 Å². The van der Waals surface area contributed by atoms with E-state index in [4.69, 9.17) is 0 Å². The number of nitro groups is 1. The fraction of sp³-hybridized carbons (Fsp3) is 0.312. The van der Waals surface area contributed by atoms with E-state index >= 15 is 0 Å². The second-order valence-electron chi connectivity index (χ2n) is 6.04. The van der Waals surface area contributed by atoms with Gasteiger partial charge in [0.15, 0.2) is 0 Å². The van der Waals surface area contributed by atoms with Crippen molar-refractivity contribution < 1.29 is 19.3 Å². The first-order valence-electron chi connectivity index (χ1n) is 7.36. The first-order valence-corrected chi connectivity index (χ1v) is 7.36. The third kappa shape index (κ3) is 1.79. The zero-order valence-electron chi connectivity index (χ0n) is 12.0. The lowest BCUT2D eigenvalue weighted by Crippen LogP contribution is -2.38. The highest BCUT2D eigenvalue weighted by atomic mass is 16.6. The van der Waals surface area contributed by atoms with Gasteiger partial charge in [-0.25, -0.2) is 4.90 Å². The summed E-state index contributed by atoms with van der Waals surface area (Å²) in [6.07, 6.45) is 1.58. The molecule has 1 heterocycles. The maximum atomic E-state index is 12.7. The van der Waals surface area contributed by atoms with Gasteiger partial charge in [-0.2, -0.15) is 0 Å². The highest BCUT2D eigenvalue weighted by Gasteiger charge is 2.55. The lowest BCUT2D eigenvalue weighted by atomic mass is 9.67. The molecule has 1 saturated carbocycles. The van der Waals surface area contributed by atoms with Gasteiger partial charge in [-0.15, -0.1) is 0 Å². The Hall–Kier alpha value is -2.83. The van der Waals surface area contributed by atoms with Crippen LogP contribution in [0, 0.1) is 22.0 Å². The third-order valence-corrected chi connectivity index (χ3v) is 4.89. The summed E-state index contributed by atoms with van der Waals surface area (Å²) in [5.74, 6) is -1.81. The number of ketones is 1. The molecular formula is C16H12N2O5. The number of carbonyl (C=O) groups excluding carboxylic acids is 3. The van der Waals surface area contributed by atoms with Crippen molar-refractivity contribution in [2.75, 3.05) is 4.90 Å². The zero-order valence-corrected chi connectivity index (χ0v) is 12.0. The number of nitrogens with zero attached hydrogens (tertiary/aromatic N) is 2. The van der Waals surface area contributed by atoms with E-state index in [0.29, 0.717) is 24.1 Å². The number of carbonyl (C=O) groups is 3. The number of hydrogen-bond donors (Lipinski definition) is 0. The molecule has 0 aromatic heterocycles. The molecule has 2 fully saturated rings. The largest absolute Gasteiger partial charge is 0.299 e. The van der Waals surface area contributed by atoms with Crippen LogP contribution in [0.25, 0.3) is 0 Å². The van der Waals surface area contributed by atoms with E-state index in [2.05, 4.69) is 0 Å². The topological polar surface area (TPSA) is 97.6 Å². The first-order chi connectivity index (χ1) is 11.0. The Labute approximate surface area is 130 Å². The molecule has 1 aromatic rings. The van der Waals surface area contributed by atoms with Gasteiger partial charge in [0.05, 0.1) is 16.5 Å². The molecule has 1 saturated heterocycles. The number of imide groups is 1. The highest BCUT2D eigenvalue weighted by molar-refractivity contribution is 6.31. The predicted octanol–water partition coefficient (Wildman–Crippen LogP) is 1.76. The zero-order chi connectivity index (χ0) is 16.3. The van der Waals surface area contributed by atoms with Crippen molar-refractivity contribution in [3.63, 3.8) is 0 Å². The van der Waals surface area contributed by atoms with Gasteiger partial charge in [0.2, 0.25) is 5.91 Å². The molecule has 0 N–H and O–H groups in total. The number of rotatable bonds is 2. The number of amides is 2. The normalized spacial score (nSPS) is 26.1. The van der Waals surface area contributed by atoms with E-state index in [1.807, 2.05) is 0 Å². The molecule has 2 amide bonds. The van der Waals surface area contributed by atoms with Crippen LogP contribution < -0.4 is 4.90 Å². The van der Waals surface area contributed by atoms with E-state index < -0.39 is 22.7 Å². The van der Waals surface area contributed by atoms with Crippen LogP contribution >= 0.6 is 0 Å². The quantitative estimate of drug-likeness (QED) is 0.471. The van der Waals surface area contributed by atoms with Crippen molar-refractivity contribution in [1.82, 2.24) is 0 Å². The van der Waals surface area contributed by atoms with Gasteiger partial charge < -0.3 is 0 Å². The van der Waals surface area contributed by atoms with E-state index in [1.54, 1.807) is 0 Å². The van der Waals surface area contributed by atoms with Crippen LogP contribution in [0.1, 0.15) is 19.3 Å². The Balaban J connectivity index is 1.76. The number of Topliss-reactive ketones (excluding diaryl/α,β-unsaturated/α-hetero) is 1. The van der Waals surface area contributed by atoms with Crippen LogP contribution in [0.2, 0.25) is 0 Å². The van der Waals surface area contributed by atoms with Gasteiger partial charge in [-0.3, -0.25) is 24.5 Å². The summed E-state index contributed by atoms with van der Waals surface area (Å²) < 4.78 is 0. The molecule has 7 nitrogen and oxygen atoms in total. The average molecular weight is 312 g/mol. The highest BCUT2D eigenvalue weighted by Crippen LogP contribution is 2.48. The Kier molecular flexibility index (Phi) is 2.75. The molecule has 7 heteroatoms. The number of nitro benzene ring substituents is 1. The molecule has 116 valence electrons. The van der Waals surface area contributed by atoms with Crippen molar-refractivity contribution in [3.05, 3.63) is 45.5 Å². The fourth-order valence-corrected chi connectivity index (χ4v) is 3.83. The Morgan fingerprint density at radius 2 is 1.83 bits per heavy atom. The minimum atomic E-state index is -0.664. The van der Waals surface area contributed by atoms with Crippen LogP contribution in [0.15, 0.2) is 35.4 Å². The molecule has 5 rings (SSSR count). The Morgan fingerprint density at radius 1 is 1.13 bits per heavy atom. The second kappa shape index (κ2) is 4.58. The number of benzene rings is 1. The van der Waals surface area contributed by atoms with Crippen LogP contribution in [-0.2, 0) is 14.4 Å². The van der Waals surface area contributed by atoms with Crippen molar-refractivity contribution in [3.8, 4) is 0 Å². The number of fused-ring (bicyclic) bond motifs is 2. The van der Waals surface area contributed by atoms with Gasteiger partial charge >= 0.3 is 0 Å². The van der Waals surface area contributed by atoms with Gasteiger partial charge in [0.1, 0.15) is 5.78 Å². The monoisotopic (exact) mass is 312 g/mol. The molecule has 2 bridgehead atoms. The van der Waals surface area contributed by atoms with Crippen molar-refractivity contribution in [2.45, 2.75) is 19.3 Å². The van der Waals surface area contributed by atoms with Gasteiger partial charge in [-0.1, -0.05) is 5.57 Å². The molecular weight excluding hydrogens is 300 g/mol. The summed E-state index contributed by atoms with van der Waals surface area (Å²) in [4.78, 5) is 48.6. The molecule has 2 atom stereocenters. The molecule has 2 unspecified atom stereocenters. The summed E-state index contributed by atoms with van der Waals surface area (Å²) in [5, 5.41) is 10.7. The van der Waals surface area contributed by atoms with E-state index in [-0.39, 0.29) is 23.8 Å². The molecule has 4 aliphatic rings. The maximum Gasteiger partial charge on any atom is 0.269 e. The number of anilines is 1. The van der Waals surface area contributed by atoms with Crippen LogP contribution in [-0.4, -0.2) is 22.5 Å². The van der Waals surface area contributed by atoms with Gasteiger partial charge in [0.25, 0.3) is 11.6 Å². The fourth-order valence-electron chi connectivity index (χ4n) is 3.83. The summed E-state index contributed by atoms with van der Waals surface area (Å²) in [6.45, 7) is 0. The standard InChI is InChI=1S/C16H12N2O5/c19-12-7-8-1-6-11(12)14-13(8)15(20)17(16(14)21)9-2-4-10(5-3-9)18(22)23/h2-5,11,14H,1,6-7H2. The lowest BCUT2D eigenvalue weighted by Gasteiger charge is -2.33. The molecule has 23 heavy (non-hydrogen) atoms. The van der Waals surface area contributed by atoms with Crippen molar-refractivity contribution in [1.29, 1.82) is 0 Å². The molecule has 3 aliphatic carbocycles. The first kappa shape index (κ1) is 13.8. The van der Waals surface area contributed by atoms with Crippen LogP contribution in [0.4, 0.5) is 11.4 Å². The maximum absolute atomic E-state index is 12.7. The lowest BCUT2D eigenvalue weighted by molar-refractivity contribution is -0.384. The summed E-state index contributed by atoms with van der Waals surface area (Å²) in [5.41, 5.74) is 1.46. The number of non-ortho nitro benzene ring substituents is 1. The number of hydrogen-bond acceptors (Lipinski definition) is 5. The van der Waals surface area contributed by atoms with E-state index in [9.17, 15) is 24.5 Å². The van der Waals surface area contributed by atoms with Gasteiger partial charge in [0, 0.05) is 30.0 Å². The third-order valence-electron chi connectivity index (χ3n) is 4.89. The average Bonchev–Trinajstić information content (AvgIpc) is 2.81. The molecule has 1 aliphatic heterocycles. The smallest absolute Gasteiger partial charge is 0.269 e. The molecule has 1 aromatic carbocycles. The van der Waals surface area contributed by atoms with E-state index in [1.165, 1.54) is 24.3 Å². The number of allylic oxidation sites excluding steroid dienone is 1. The minimum Gasteiger partial charge on any atom is -0.299 e. The molecule has 0 spiro atoms. The minimum absolute atomic E-state index is 0.0340. The Bertz CT molecular complexity index is 808. The summed E-state index contributed by atoms with van der Waals surface area (Å²) in [7, 11) is 0. The molecule has 0 radical (unpaired) electrons. The van der Waals surface area contributed by atoms with Crippen LogP contribution in [0.3, 0.4) is 0 Å². The van der Waals surface area contributed by atoms with Crippen molar-refractivity contribution in [2.24, 2.45) is 11.8 Å². The van der Waals surface area contributed by atoms with Crippen molar-refractivity contribution >= 4 is 29.0 Å². The van der Waals surface area contributed by atoms with Crippen LogP contribution in [0.5, 0.6) is 0 Å². The summed E-state index contributed by atoms with van der Waals surface area (Å²) in [6, 6.07) is 5.30. The Morgan fingerprint density at radius 3 is 2.43 bits per heavy atom. The predicted molar refractivity (Wildman–Crippen MR) is 78.5 cm³/mol. The van der Waals surface area contributed by atoms with E-state index in [0.717, 1.165) is 10.5 Å². The summed E-state index contributed by atoms with van der Waals surface area (Å²) >= 11 is 0. The SMILES string of the molecule is O=C1CC2=C3C(=O)N(c4ccc([N+](=O)[O-])cc4)C(=O)C3C1CC2. The second-order valence-corrected chi connectivity index (χ2v) is 6.04.